The first-order chi connectivity index (χ1) is 24.8. The monoisotopic (exact) mass is 641 g/mol. The molecule has 236 valence electrons. The van der Waals surface area contributed by atoms with Gasteiger partial charge in [0.15, 0.2) is 11.6 Å². The minimum absolute atomic E-state index is 0.0432. The molecule has 0 spiro atoms. The number of hydrogen-bond acceptors (Lipinski definition) is 3. The highest BCUT2D eigenvalue weighted by Gasteiger charge is 2.25. The molecule has 5 heteroatoms. The van der Waals surface area contributed by atoms with Crippen molar-refractivity contribution in [3.05, 3.63) is 176 Å². The average molecular weight is 642 g/mol. The third-order valence-corrected chi connectivity index (χ3v) is 9.88. The number of para-hydroxylation sites is 3. The second-order valence-electron chi connectivity index (χ2n) is 12.8. The van der Waals surface area contributed by atoms with Crippen LogP contribution in [0, 0.1) is 0 Å². The van der Waals surface area contributed by atoms with Gasteiger partial charge in [0.05, 0.1) is 22.1 Å². The van der Waals surface area contributed by atoms with Gasteiger partial charge in [0.2, 0.25) is 0 Å². The van der Waals surface area contributed by atoms with E-state index in [1.807, 2.05) is 36.4 Å². The van der Waals surface area contributed by atoms with Gasteiger partial charge in [0.25, 0.3) is 0 Å². The summed E-state index contributed by atoms with van der Waals surface area (Å²) < 4.78 is 4.92. The fourth-order valence-corrected chi connectivity index (χ4v) is 7.64. The molecule has 9 aromatic rings. The molecule has 0 fully saturated rings. The molecule has 5 nitrogen and oxygen atoms in total. The van der Waals surface area contributed by atoms with E-state index in [2.05, 4.69) is 143 Å². The van der Waals surface area contributed by atoms with Crippen molar-refractivity contribution in [3.63, 3.8) is 0 Å². The topological polar surface area (TPSA) is 48.5 Å². The van der Waals surface area contributed by atoms with Gasteiger partial charge in [0, 0.05) is 56.4 Å². The Kier molecular flexibility index (Phi) is 6.56. The van der Waals surface area contributed by atoms with Gasteiger partial charge in [-0.1, -0.05) is 140 Å². The summed E-state index contributed by atoms with van der Waals surface area (Å²) in [7, 11) is 0. The normalized spacial score (nSPS) is 14.6. The predicted molar refractivity (Wildman–Crippen MR) is 205 cm³/mol. The van der Waals surface area contributed by atoms with Crippen LogP contribution in [0.4, 0.5) is 0 Å². The summed E-state index contributed by atoms with van der Waals surface area (Å²) in [6.07, 6.45) is 7.39. The van der Waals surface area contributed by atoms with E-state index >= 15 is 0 Å². The van der Waals surface area contributed by atoms with Crippen molar-refractivity contribution in [2.75, 3.05) is 0 Å². The Morgan fingerprint density at radius 2 is 0.960 bits per heavy atom. The number of fused-ring (bicyclic) bond motifs is 7. The standard InChI is InChI=1S/C45H31N5/c1-4-15-30(16-5-1)43-46-44(31-17-6-2-7-18-31)48-45(47-43)32-19-14-22-34(29-32)50-40-26-13-11-24-36(40)38-28-27-37-35-23-10-12-25-39(35)49(41(37)42(38)50)33-20-8-3-9-21-33/h1-28,32H,29H2. The molecule has 50 heavy (non-hydrogen) atoms. The summed E-state index contributed by atoms with van der Waals surface area (Å²) in [5, 5.41) is 4.95. The average Bonchev–Trinajstić information content (AvgIpc) is 3.72. The number of aromatic nitrogens is 5. The van der Waals surface area contributed by atoms with Gasteiger partial charge >= 0.3 is 0 Å². The highest BCUT2D eigenvalue weighted by Crippen LogP contribution is 2.43. The maximum Gasteiger partial charge on any atom is 0.163 e. The molecule has 0 bridgehead atoms. The van der Waals surface area contributed by atoms with E-state index in [0.717, 1.165) is 29.1 Å². The van der Waals surface area contributed by atoms with Crippen LogP contribution in [0.3, 0.4) is 0 Å². The smallest absolute Gasteiger partial charge is 0.163 e. The van der Waals surface area contributed by atoms with E-state index in [1.54, 1.807) is 0 Å². The predicted octanol–water partition coefficient (Wildman–Crippen LogP) is 11.0. The highest BCUT2D eigenvalue weighted by atomic mass is 15.1. The number of nitrogens with zero attached hydrogens (tertiary/aromatic N) is 5. The van der Waals surface area contributed by atoms with Gasteiger partial charge in [-0.3, -0.25) is 0 Å². The van der Waals surface area contributed by atoms with Crippen LogP contribution in [-0.4, -0.2) is 24.1 Å². The molecule has 0 amide bonds. The maximum atomic E-state index is 5.11. The van der Waals surface area contributed by atoms with Gasteiger partial charge in [-0.05, 0) is 30.3 Å². The van der Waals surface area contributed by atoms with Crippen LogP contribution < -0.4 is 0 Å². The summed E-state index contributed by atoms with van der Waals surface area (Å²) in [4.78, 5) is 15.2. The molecule has 1 atom stereocenters. The second-order valence-corrected chi connectivity index (χ2v) is 12.8. The van der Waals surface area contributed by atoms with E-state index in [9.17, 15) is 0 Å². The molecule has 0 radical (unpaired) electrons. The first-order valence-electron chi connectivity index (χ1n) is 17.1. The summed E-state index contributed by atoms with van der Waals surface area (Å²) in [5.41, 5.74) is 9.08. The number of benzene rings is 6. The Balaban J connectivity index is 1.20. The molecule has 3 aromatic heterocycles. The lowest BCUT2D eigenvalue weighted by molar-refractivity contribution is 0.758. The molecule has 1 aliphatic carbocycles. The van der Waals surface area contributed by atoms with Gasteiger partial charge < -0.3 is 9.13 Å². The third-order valence-electron chi connectivity index (χ3n) is 9.88. The molecule has 0 saturated carbocycles. The minimum Gasteiger partial charge on any atom is -0.311 e. The lowest BCUT2D eigenvalue weighted by Crippen LogP contribution is -2.11. The summed E-state index contributed by atoms with van der Waals surface area (Å²) >= 11 is 0. The molecule has 0 saturated heterocycles. The molecule has 1 unspecified atom stereocenters. The highest BCUT2D eigenvalue weighted by molar-refractivity contribution is 6.24. The van der Waals surface area contributed by atoms with Crippen molar-refractivity contribution >= 4 is 49.3 Å². The molecular weight excluding hydrogens is 611 g/mol. The Morgan fingerprint density at radius 3 is 1.56 bits per heavy atom. The van der Waals surface area contributed by atoms with E-state index < -0.39 is 0 Å². The van der Waals surface area contributed by atoms with Gasteiger partial charge in [-0.15, -0.1) is 0 Å². The van der Waals surface area contributed by atoms with Crippen LogP contribution in [0.5, 0.6) is 0 Å². The molecule has 10 rings (SSSR count). The lowest BCUT2D eigenvalue weighted by atomic mass is 9.96. The van der Waals surface area contributed by atoms with Crippen LogP contribution in [0.15, 0.2) is 170 Å². The van der Waals surface area contributed by atoms with Crippen LogP contribution in [0.1, 0.15) is 18.2 Å². The molecule has 0 aliphatic heterocycles. The first kappa shape index (κ1) is 28.4. The van der Waals surface area contributed by atoms with Crippen molar-refractivity contribution in [2.24, 2.45) is 0 Å². The molecular formula is C45H31N5. The second kappa shape index (κ2) is 11.5. The first-order valence-corrected chi connectivity index (χ1v) is 17.1. The van der Waals surface area contributed by atoms with E-state index in [4.69, 9.17) is 15.0 Å². The zero-order valence-corrected chi connectivity index (χ0v) is 27.2. The number of allylic oxidation sites excluding steroid dienone is 4. The number of rotatable bonds is 5. The number of hydrogen-bond donors (Lipinski definition) is 0. The van der Waals surface area contributed by atoms with Crippen molar-refractivity contribution < 1.29 is 0 Å². The Morgan fingerprint density at radius 1 is 0.460 bits per heavy atom. The summed E-state index contributed by atoms with van der Waals surface area (Å²) in [6, 6.07) is 53.2. The zero-order chi connectivity index (χ0) is 33.0. The van der Waals surface area contributed by atoms with Gasteiger partial charge in [0.1, 0.15) is 5.82 Å². The van der Waals surface area contributed by atoms with E-state index in [0.29, 0.717) is 11.6 Å². The van der Waals surface area contributed by atoms with Crippen molar-refractivity contribution in [1.82, 2.24) is 24.1 Å². The van der Waals surface area contributed by atoms with Crippen LogP contribution >= 0.6 is 0 Å². The fraction of sp³-hybridized carbons (Fsp3) is 0.0444. The van der Waals surface area contributed by atoms with E-state index in [1.165, 1.54) is 49.3 Å². The molecule has 6 aromatic carbocycles. The van der Waals surface area contributed by atoms with Crippen LogP contribution in [0.25, 0.3) is 77.8 Å². The van der Waals surface area contributed by atoms with Crippen molar-refractivity contribution in [3.8, 4) is 28.5 Å². The Labute approximate surface area is 289 Å². The quantitative estimate of drug-likeness (QED) is 0.188. The maximum absolute atomic E-state index is 5.11. The zero-order valence-electron chi connectivity index (χ0n) is 27.2. The van der Waals surface area contributed by atoms with Gasteiger partial charge in [-0.2, -0.15) is 0 Å². The van der Waals surface area contributed by atoms with Crippen LogP contribution in [0.2, 0.25) is 0 Å². The summed E-state index contributed by atoms with van der Waals surface area (Å²) in [5.74, 6) is 2.09. The largest absolute Gasteiger partial charge is 0.311 e. The minimum atomic E-state index is -0.0432. The summed E-state index contributed by atoms with van der Waals surface area (Å²) in [6.45, 7) is 0. The fourth-order valence-electron chi connectivity index (χ4n) is 7.64. The molecule has 1 aliphatic rings. The van der Waals surface area contributed by atoms with Crippen LogP contribution in [-0.2, 0) is 0 Å². The molecule has 3 heterocycles. The lowest BCUT2D eigenvalue weighted by Gasteiger charge is -2.21. The van der Waals surface area contributed by atoms with Crippen molar-refractivity contribution in [1.29, 1.82) is 0 Å². The Bertz CT molecular complexity index is 2720. The Hall–Kier alpha value is -6.59. The van der Waals surface area contributed by atoms with E-state index in [-0.39, 0.29) is 5.92 Å². The van der Waals surface area contributed by atoms with Gasteiger partial charge in [-0.25, -0.2) is 15.0 Å². The SMILES string of the molecule is C1=CC(c2nc(-c3ccccc3)nc(-c3ccccc3)n2)CC(n2c3ccccc3c3ccc4c5ccccc5n(-c5ccccc5)c4c32)=C1. The third kappa shape index (κ3) is 4.51. The molecule has 0 N–H and O–H groups in total. The van der Waals surface area contributed by atoms with Crippen molar-refractivity contribution in [2.45, 2.75) is 12.3 Å².